The first kappa shape index (κ1) is 20.7. The molecule has 0 atom stereocenters. The van der Waals surface area contributed by atoms with Crippen LogP contribution in [0.2, 0.25) is 10.0 Å². The molecule has 1 aliphatic rings. The number of thioether (sulfide) groups is 1. The van der Waals surface area contributed by atoms with E-state index in [1.165, 1.54) is 16.7 Å². The third kappa shape index (κ3) is 3.91. The Bertz CT molecular complexity index is 1170. The minimum atomic E-state index is -0.380. The van der Waals surface area contributed by atoms with Crippen molar-refractivity contribution in [3.63, 3.8) is 0 Å². The van der Waals surface area contributed by atoms with Gasteiger partial charge in [0, 0.05) is 16.3 Å². The van der Waals surface area contributed by atoms with Gasteiger partial charge in [-0.1, -0.05) is 77.8 Å². The van der Waals surface area contributed by atoms with Crippen molar-refractivity contribution in [1.82, 2.24) is 0 Å². The Hall–Kier alpha value is -2.53. The molecule has 3 aromatic rings. The van der Waals surface area contributed by atoms with Gasteiger partial charge in [-0.25, -0.2) is 4.90 Å². The standard InChI is InChI=1S/C24H17Cl2NO2S/c1-15-7-5-6-10-20(15)27-23(28)21(18-12-11-17(25)13-19(18)26)22(24(27)29)30-14-16-8-3-2-4-9-16/h2-13H,14H2,1H3. The highest BCUT2D eigenvalue weighted by Gasteiger charge is 2.41. The van der Waals surface area contributed by atoms with Gasteiger partial charge in [0.15, 0.2) is 0 Å². The average Bonchev–Trinajstić information content (AvgIpc) is 2.97. The van der Waals surface area contributed by atoms with Gasteiger partial charge in [0.2, 0.25) is 0 Å². The van der Waals surface area contributed by atoms with Crippen LogP contribution in [0, 0.1) is 6.92 Å². The third-order valence-corrected chi connectivity index (χ3v) is 6.52. The molecule has 3 nitrogen and oxygen atoms in total. The van der Waals surface area contributed by atoms with E-state index in [0.29, 0.717) is 37.5 Å². The molecular formula is C24H17Cl2NO2S. The number of amides is 2. The van der Waals surface area contributed by atoms with Gasteiger partial charge in [0.05, 0.1) is 21.2 Å². The topological polar surface area (TPSA) is 37.4 Å². The zero-order chi connectivity index (χ0) is 21.3. The van der Waals surface area contributed by atoms with E-state index in [0.717, 1.165) is 11.1 Å². The summed E-state index contributed by atoms with van der Waals surface area (Å²) in [6.07, 6.45) is 0. The summed E-state index contributed by atoms with van der Waals surface area (Å²) in [5.74, 6) is -0.156. The van der Waals surface area contributed by atoms with Gasteiger partial charge >= 0.3 is 0 Å². The smallest absolute Gasteiger partial charge is 0.268 e. The van der Waals surface area contributed by atoms with Crippen molar-refractivity contribution in [3.8, 4) is 0 Å². The zero-order valence-corrected chi connectivity index (χ0v) is 18.4. The first-order chi connectivity index (χ1) is 14.5. The molecule has 0 fully saturated rings. The molecule has 1 heterocycles. The molecule has 4 rings (SSSR count). The number of nitrogens with zero attached hydrogens (tertiary/aromatic N) is 1. The van der Waals surface area contributed by atoms with Gasteiger partial charge in [-0.15, -0.1) is 11.8 Å². The summed E-state index contributed by atoms with van der Waals surface area (Å²) in [7, 11) is 0. The summed E-state index contributed by atoms with van der Waals surface area (Å²) in [6.45, 7) is 1.87. The lowest BCUT2D eigenvalue weighted by atomic mass is 10.1. The summed E-state index contributed by atoms with van der Waals surface area (Å²) >= 11 is 13.8. The molecule has 0 saturated carbocycles. The van der Waals surface area contributed by atoms with Crippen LogP contribution in [0.5, 0.6) is 0 Å². The lowest BCUT2D eigenvalue weighted by Crippen LogP contribution is -2.31. The lowest BCUT2D eigenvalue weighted by molar-refractivity contribution is -0.119. The molecule has 0 spiro atoms. The van der Waals surface area contributed by atoms with Crippen LogP contribution in [-0.2, 0) is 15.3 Å². The van der Waals surface area contributed by atoms with E-state index in [9.17, 15) is 9.59 Å². The van der Waals surface area contributed by atoms with Crippen LogP contribution in [0.1, 0.15) is 16.7 Å². The number of carbonyl (C=O) groups is 2. The minimum Gasteiger partial charge on any atom is -0.268 e. The number of benzene rings is 3. The number of rotatable bonds is 5. The second-order valence-electron chi connectivity index (χ2n) is 6.83. The Kier molecular flexibility index (Phi) is 6.00. The maximum Gasteiger partial charge on any atom is 0.272 e. The highest BCUT2D eigenvalue weighted by molar-refractivity contribution is 8.03. The van der Waals surface area contributed by atoms with E-state index in [1.54, 1.807) is 24.3 Å². The molecule has 6 heteroatoms. The summed E-state index contributed by atoms with van der Waals surface area (Å²) in [4.78, 5) is 28.5. The van der Waals surface area contributed by atoms with E-state index in [4.69, 9.17) is 23.2 Å². The van der Waals surface area contributed by atoms with Crippen molar-refractivity contribution in [2.75, 3.05) is 4.90 Å². The number of aryl methyl sites for hydroxylation is 1. The van der Waals surface area contributed by atoms with Gasteiger partial charge in [-0.05, 0) is 36.2 Å². The van der Waals surface area contributed by atoms with Crippen molar-refractivity contribution in [1.29, 1.82) is 0 Å². The van der Waals surface area contributed by atoms with E-state index >= 15 is 0 Å². The van der Waals surface area contributed by atoms with Gasteiger partial charge in [0.25, 0.3) is 11.8 Å². The number of para-hydroxylation sites is 1. The van der Waals surface area contributed by atoms with Crippen LogP contribution < -0.4 is 4.90 Å². The van der Waals surface area contributed by atoms with Crippen molar-refractivity contribution >= 4 is 58.0 Å². The number of carbonyl (C=O) groups excluding carboxylic acids is 2. The van der Waals surface area contributed by atoms with Crippen LogP contribution >= 0.6 is 35.0 Å². The summed E-state index contributed by atoms with van der Waals surface area (Å²) in [5.41, 5.74) is 3.29. The average molecular weight is 454 g/mol. The van der Waals surface area contributed by atoms with E-state index in [-0.39, 0.29) is 11.8 Å². The Morgan fingerprint density at radius 3 is 2.27 bits per heavy atom. The van der Waals surface area contributed by atoms with E-state index < -0.39 is 0 Å². The van der Waals surface area contributed by atoms with Crippen molar-refractivity contribution in [2.45, 2.75) is 12.7 Å². The normalized spacial score (nSPS) is 14.0. The molecule has 0 aromatic heterocycles. The third-order valence-electron chi connectivity index (χ3n) is 4.82. The largest absolute Gasteiger partial charge is 0.272 e. The molecule has 30 heavy (non-hydrogen) atoms. The molecule has 2 amide bonds. The molecule has 0 saturated heterocycles. The van der Waals surface area contributed by atoms with E-state index in [2.05, 4.69) is 0 Å². The van der Waals surface area contributed by atoms with Crippen LogP contribution in [0.4, 0.5) is 5.69 Å². The SMILES string of the molecule is Cc1ccccc1N1C(=O)C(SCc2ccccc2)=C(c2ccc(Cl)cc2Cl)C1=O. The molecule has 0 bridgehead atoms. The van der Waals surface area contributed by atoms with Gasteiger partial charge < -0.3 is 0 Å². The first-order valence-electron chi connectivity index (χ1n) is 9.28. The van der Waals surface area contributed by atoms with Crippen molar-refractivity contribution < 1.29 is 9.59 Å². The molecule has 150 valence electrons. The zero-order valence-electron chi connectivity index (χ0n) is 16.1. The maximum atomic E-state index is 13.5. The van der Waals surface area contributed by atoms with Gasteiger partial charge in [-0.2, -0.15) is 0 Å². The predicted molar refractivity (Wildman–Crippen MR) is 125 cm³/mol. The number of anilines is 1. The number of imide groups is 1. The minimum absolute atomic E-state index is 0.311. The fourth-order valence-corrected chi connectivity index (χ4v) is 4.90. The molecule has 0 radical (unpaired) electrons. The van der Waals surface area contributed by atoms with Crippen LogP contribution in [0.25, 0.3) is 5.57 Å². The fraction of sp³-hybridized carbons (Fsp3) is 0.0833. The summed E-state index contributed by atoms with van der Waals surface area (Å²) in [6, 6.07) is 22.1. The molecule has 0 aliphatic carbocycles. The maximum absolute atomic E-state index is 13.5. The quantitative estimate of drug-likeness (QED) is 0.412. The predicted octanol–water partition coefficient (Wildman–Crippen LogP) is 6.52. The summed E-state index contributed by atoms with van der Waals surface area (Å²) < 4.78 is 0. The van der Waals surface area contributed by atoms with Crippen LogP contribution in [0.15, 0.2) is 77.7 Å². The second-order valence-corrected chi connectivity index (χ2v) is 8.66. The van der Waals surface area contributed by atoms with Gasteiger partial charge in [0.1, 0.15) is 0 Å². The Labute approximate surface area is 189 Å². The molecule has 0 N–H and O–H groups in total. The Balaban J connectivity index is 1.80. The van der Waals surface area contributed by atoms with E-state index in [1.807, 2.05) is 55.5 Å². The number of hydrogen-bond acceptors (Lipinski definition) is 3. The first-order valence-corrected chi connectivity index (χ1v) is 11.0. The van der Waals surface area contributed by atoms with Crippen LogP contribution in [0.3, 0.4) is 0 Å². The highest BCUT2D eigenvalue weighted by atomic mass is 35.5. The number of hydrogen-bond donors (Lipinski definition) is 0. The molecule has 3 aromatic carbocycles. The molecular weight excluding hydrogens is 437 g/mol. The lowest BCUT2D eigenvalue weighted by Gasteiger charge is -2.17. The van der Waals surface area contributed by atoms with Gasteiger partial charge in [-0.3, -0.25) is 9.59 Å². The Morgan fingerprint density at radius 2 is 1.57 bits per heavy atom. The van der Waals surface area contributed by atoms with Crippen LogP contribution in [-0.4, -0.2) is 11.8 Å². The molecule has 1 aliphatic heterocycles. The van der Waals surface area contributed by atoms with Crippen molar-refractivity contribution in [2.24, 2.45) is 0 Å². The summed E-state index contributed by atoms with van der Waals surface area (Å²) in [5, 5.41) is 0.804. The number of halogens is 2. The highest BCUT2D eigenvalue weighted by Crippen LogP contribution is 2.42. The fourth-order valence-electron chi connectivity index (χ4n) is 3.34. The Morgan fingerprint density at radius 1 is 0.867 bits per heavy atom. The molecule has 0 unspecified atom stereocenters. The monoisotopic (exact) mass is 453 g/mol. The second kappa shape index (κ2) is 8.68. The van der Waals surface area contributed by atoms with Crippen molar-refractivity contribution in [3.05, 3.63) is 104 Å².